The summed E-state index contributed by atoms with van der Waals surface area (Å²) in [5.41, 5.74) is 2.26. The quantitative estimate of drug-likeness (QED) is 0.464. The molecular weight excluding hydrogens is 406 g/mol. The van der Waals surface area contributed by atoms with Crippen LogP contribution in [0.4, 0.5) is 0 Å². The summed E-state index contributed by atoms with van der Waals surface area (Å²) in [6.07, 6.45) is 5.01. The van der Waals surface area contributed by atoms with E-state index in [1.54, 1.807) is 23.9 Å². The Kier molecular flexibility index (Phi) is 7.52. The third kappa shape index (κ3) is 6.19. The SMILES string of the molecule is Cc1cccc(C[C@H](O)/C=C/[C@H]2CCC(=O)N2CCSc2ccc(C(=O)O)s2)c1. The molecule has 1 aliphatic rings. The monoisotopic (exact) mass is 431 g/mol. The number of thiophene rings is 1. The molecule has 2 heterocycles. The number of nitrogens with zero attached hydrogens (tertiary/aromatic N) is 1. The number of benzene rings is 1. The summed E-state index contributed by atoms with van der Waals surface area (Å²) in [6, 6.07) is 11.5. The van der Waals surface area contributed by atoms with Crippen molar-refractivity contribution in [2.75, 3.05) is 12.3 Å². The number of carbonyl (C=O) groups is 2. The van der Waals surface area contributed by atoms with Crippen LogP contribution in [0.25, 0.3) is 0 Å². The highest BCUT2D eigenvalue weighted by atomic mass is 32.2. The van der Waals surface area contributed by atoms with E-state index in [4.69, 9.17) is 5.11 Å². The van der Waals surface area contributed by atoms with Crippen molar-refractivity contribution in [1.29, 1.82) is 0 Å². The van der Waals surface area contributed by atoms with Gasteiger partial charge < -0.3 is 15.1 Å². The molecule has 3 rings (SSSR count). The van der Waals surface area contributed by atoms with E-state index in [1.165, 1.54) is 16.9 Å². The minimum absolute atomic E-state index is 0.00757. The second-order valence-electron chi connectivity index (χ2n) is 7.11. The summed E-state index contributed by atoms with van der Waals surface area (Å²) in [5, 5.41) is 19.3. The van der Waals surface area contributed by atoms with Crippen LogP contribution in [0.3, 0.4) is 0 Å². The number of carbonyl (C=O) groups excluding carboxylic acids is 1. The highest BCUT2D eigenvalue weighted by Crippen LogP contribution is 2.28. The number of likely N-dealkylation sites (tertiary alicyclic amines) is 1. The van der Waals surface area contributed by atoms with Gasteiger partial charge in [0, 0.05) is 25.1 Å². The Morgan fingerprint density at radius 1 is 1.38 bits per heavy atom. The fraction of sp³-hybridized carbons (Fsp3) is 0.364. The fourth-order valence-electron chi connectivity index (χ4n) is 3.41. The molecule has 1 saturated heterocycles. The van der Waals surface area contributed by atoms with Crippen LogP contribution < -0.4 is 0 Å². The van der Waals surface area contributed by atoms with Gasteiger partial charge in [-0.15, -0.1) is 23.1 Å². The summed E-state index contributed by atoms with van der Waals surface area (Å²) in [7, 11) is 0. The van der Waals surface area contributed by atoms with E-state index in [9.17, 15) is 14.7 Å². The van der Waals surface area contributed by atoms with Gasteiger partial charge in [0.25, 0.3) is 0 Å². The molecule has 0 radical (unpaired) electrons. The Labute approximate surface area is 179 Å². The van der Waals surface area contributed by atoms with Crippen LogP contribution in [-0.2, 0) is 11.2 Å². The summed E-state index contributed by atoms with van der Waals surface area (Å²) in [5.74, 6) is -0.0709. The zero-order chi connectivity index (χ0) is 20.8. The van der Waals surface area contributed by atoms with Crippen LogP contribution in [0.15, 0.2) is 52.8 Å². The third-order valence-electron chi connectivity index (χ3n) is 4.83. The summed E-state index contributed by atoms with van der Waals surface area (Å²) in [6.45, 7) is 2.64. The van der Waals surface area contributed by atoms with Gasteiger partial charge in [0.2, 0.25) is 5.91 Å². The van der Waals surface area contributed by atoms with E-state index in [0.717, 1.165) is 16.2 Å². The van der Waals surface area contributed by atoms with E-state index in [2.05, 4.69) is 6.07 Å². The van der Waals surface area contributed by atoms with E-state index >= 15 is 0 Å². The molecule has 0 spiro atoms. The minimum atomic E-state index is -0.911. The van der Waals surface area contributed by atoms with Crippen LogP contribution in [-0.4, -0.2) is 51.4 Å². The molecule has 154 valence electrons. The Hall–Kier alpha value is -2.09. The van der Waals surface area contributed by atoms with E-state index in [1.807, 2.05) is 42.2 Å². The van der Waals surface area contributed by atoms with Gasteiger partial charge in [0.1, 0.15) is 4.88 Å². The van der Waals surface area contributed by atoms with E-state index in [0.29, 0.717) is 30.0 Å². The number of carboxylic acid groups (broad SMARTS) is 1. The first-order chi connectivity index (χ1) is 13.9. The smallest absolute Gasteiger partial charge is 0.345 e. The van der Waals surface area contributed by atoms with Crippen molar-refractivity contribution in [2.24, 2.45) is 0 Å². The molecule has 1 aliphatic heterocycles. The van der Waals surface area contributed by atoms with Gasteiger partial charge in [-0.2, -0.15) is 0 Å². The molecule has 2 N–H and O–H groups in total. The Morgan fingerprint density at radius 3 is 2.93 bits per heavy atom. The summed E-state index contributed by atoms with van der Waals surface area (Å²) in [4.78, 5) is 25.4. The van der Waals surface area contributed by atoms with Crippen molar-refractivity contribution >= 4 is 35.0 Å². The highest BCUT2D eigenvalue weighted by molar-refractivity contribution is 8.01. The Balaban J connectivity index is 1.51. The first-order valence-corrected chi connectivity index (χ1v) is 11.4. The minimum Gasteiger partial charge on any atom is -0.477 e. The highest BCUT2D eigenvalue weighted by Gasteiger charge is 2.28. The number of amides is 1. The van der Waals surface area contributed by atoms with Crippen LogP contribution in [0.1, 0.15) is 33.6 Å². The largest absolute Gasteiger partial charge is 0.477 e. The lowest BCUT2D eigenvalue weighted by molar-refractivity contribution is -0.128. The number of aliphatic hydroxyl groups is 1. The van der Waals surface area contributed by atoms with Crippen molar-refractivity contribution in [2.45, 2.75) is 42.5 Å². The molecule has 7 heteroatoms. The number of hydrogen-bond acceptors (Lipinski definition) is 5. The Bertz CT molecular complexity index is 892. The van der Waals surface area contributed by atoms with Crippen LogP contribution in [0.2, 0.25) is 0 Å². The van der Waals surface area contributed by atoms with Crippen LogP contribution >= 0.6 is 23.1 Å². The van der Waals surface area contributed by atoms with Crippen molar-refractivity contribution in [3.05, 3.63) is 64.6 Å². The molecule has 0 bridgehead atoms. The van der Waals surface area contributed by atoms with Gasteiger partial charge >= 0.3 is 5.97 Å². The molecule has 1 fully saturated rings. The van der Waals surface area contributed by atoms with Gasteiger partial charge in [0.05, 0.1) is 16.4 Å². The molecule has 29 heavy (non-hydrogen) atoms. The second kappa shape index (κ2) is 10.1. The van der Waals surface area contributed by atoms with Crippen molar-refractivity contribution in [1.82, 2.24) is 4.90 Å². The lowest BCUT2D eigenvalue weighted by Gasteiger charge is -2.22. The number of aliphatic hydroxyl groups excluding tert-OH is 1. The molecule has 2 atom stereocenters. The summed E-state index contributed by atoms with van der Waals surface area (Å²) < 4.78 is 0.940. The lowest BCUT2D eigenvalue weighted by atomic mass is 10.0. The predicted molar refractivity (Wildman–Crippen MR) is 117 cm³/mol. The zero-order valence-electron chi connectivity index (χ0n) is 16.3. The standard InChI is InChI=1S/C22H25NO4S2/c1-15-3-2-4-16(13-15)14-18(24)7-5-17-6-9-20(25)23(17)11-12-28-21-10-8-19(29-21)22(26)27/h2-5,7-8,10,13,17-18,24H,6,9,11-12,14H2,1H3,(H,26,27)/b7-5+/t17-,18+/m0/s1. The maximum absolute atomic E-state index is 12.2. The first kappa shape index (κ1) is 21.6. The third-order valence-corrected chi connectivity index (χ3v) is 7.10. The molecule has 5 nitrogen and oxygen atoms in total. The molecule has 0 unspecified atom stereocenters. The number of thioether (sulfide) groups is 1. The second-order valence-corrected chi connectivity index (χ2v) is 9.59. The van der Waals surface area contributed by atoms with Gasteiger partial charge in [-0.05, 0) is 31.0 Å². The van der Waals surface area contributed by atoms with Crippen molar-refractivity contribution in [3.63, 3.8) is 0 Å². The number of rotatable bonds is 9. The predicted octanol–water partition coefficient (Wildman–Crippen LogP) is 4.00. The Morgan fingerprint density at radius 2 is 2.21 bits per heavy atom. The maximum Gasteiger partial charge on any atom is 0.345 e. The van der Waals surface area contributed by atoms with Crippen LogP contribution in [0, 0.1) is 6.92 Å². The van der Waals surface area contributed by atoms with Gasteiger partial charge in [-0.1, -0.05) is 42.0 Å². The van der Waals surface area contributed by atoms with Gasteiger partial charge in [-0.25, -0.2) is 4.79 Å². The first-order valence-electron chi connectivity index (χ1n) is 9.59. The number of carboxylic acids is 1. The maximum atomic E-state index is 12.2. The molecule has 1 amide bonds. The van der Waals surface area contributed by atoms with Gasteiger partial charge in [0.15, 0.2) is 0 Å². The molecular formula is C22H25NO4S2. The van der Waals surface area contributed by atoms with E-state index in [-0.39, 0.29) is 11.9 Å². The van der Waals surface area contributed by atoms with Gasteiger partial charge in [-0.3, -0.25) is 4.79 Å². The zero-order valence-corrected chi connectivity index (χ0v) is 17.9. The topological polar surface area (TPSA) is 77.8 Å². The number of hydrogen-bond donors (Lipinski definition) is 2. The van der Waals surface area contributed by atoms with Crippen LogP contribution in [0.5, 0.6) is 0 Å². The normalized spacial score (nSPS) is 17.9. The molecule has 1 aromatic heterocycles. The van der Waals surface area contributed by atoms with Crippen molar-refractivity contribution in [3.8, 4) is 0 Å². The molecule has 2 aromatic rings. The summed E-state index contributed by atoms with van der Waals surface area (Å²) >= 11 is 2.82. The number of aromatic carboxylic acids is 1. The lowest BCUT2D eigenvalue weighted by Crippen LogP contribution is -2.33. The number of aryl methyl sites for hydroxylation is 1. The fourth-order valence-corrected chi connectivity index (χ4v) is 5.39. The van der Waals surface area contributed by atoms with Crippen molar-refractivity contribution < 1.29 is 19.8 Å². The van der Waals surface area contributed by atoms with E-state index < -0.39 is 12.1 Å². The average molecular weight is 432 g/mol. The molecule has 0 aliphatic carbocycles. The average Bonchev–Trinajstić information content (AvgIpc) is 3.28. The molecule has 0 saturated carbocycles. The molecule has 1 aromatic carbocycles.